The number of aromatic hydroxyl groups is 1. The van der Waals surface area contributed by atoms with E-state index < -0.39 is 0 Å². The summed E-state index contributed by atoms with van der Waals surface area (Å²) >= 11 is 0. The van der Waals surface area contributed by atoms with Gasteiger partial charge >= 0.3 is 0 Å². The lowest BCUT2D eigenvalue weighted by Gasteiger charge is -2.07. The van der Waals surface area contributed by atoms with Crippen molar-refractivity contribution in [3.8, 4) is 5.75 Å². The summed E-state index contributed by atoms with van der Waals surface area (Å²) in [5.74, 6) is 0.484. The summed E-state index contributed by atoms with van der Waals surface area (Å²) in [6.07, 6.45) is 15.3. The summed E-state index contributed by atoms with van der Waals surface area (Å²) in [4.78, 5) is 15.0. The van der Waals surface area contributed by atoms with Crippen LogP contribution in [0.5, 0.6) is 5.75 Å². The topological polar surface area (TPSA) is 65.1 Å². The predicted octanol–water partition coefficient (Wildman–Crippen LogP) is 3.22. The molecule has 4 nitrogen and oxygen atoms in total. The molecular formula is C19H20N2O2. The SMILES string of the molecule is O=C(/C=C/C1C=CC=CC1)NCCc1c[nH]c2ccc(O)cc12. The average Bonchev–Trinajstić information content (AvgIpc) is 2.96. The molecule has 1 aliphatic carbocycles. The number of aromatic amines is 1. The van der Waals surface area contributed by atoms with Crippen LogP contribution in [-0.4, -0.2) is 22.5 Å². The maximum Gasteiger partial charge on any atom is 0.243 e. The molecule has 2 aromatic rings. The van der Waals surface area contributed by atoms with E-state index in [2.05, 4.69) is 22.5 Å². The van der Waals surface area contributed by atoms with Crippen molar-refractivity contribution in [1.29, 1.82) is 0 Å². The number of phenolic OH excluding ortho intramolecular Hbond substituents is 1. The van der Waals surface area contributed by atoms with Gasteiger partial charge in [0.1, 0.15) is 5.75 Å². The minimum absolute atomic E-state index is 0.0735. The van der Waals surface area contributed by atoms with Gasteiger partial charge < -0.3 is 15.4 Å². The fourth-order valence-corrected chi connectivity index (χ4v) is 2.71. The smallest absolute Gasteiger partial charge is 0.243 e. The van der Waals surface area contributed by atoms with Crippen molar-refractivity contribution in [3.63, 3.8) is 0 Å². The van der Waals surface area contributed by atoms with E-state index in [1.165, 1.54) is 0 Å². The number of benzene rings is 1. The molecule has 23 heavy (non-hydrogen) atoms. The summed E-state index contributed by atoms with van der Waals surface area (Å²) in [6, 6.07) is 5.25. The lowest BCUT2D eigenvalue weighted by atomic mass is 10.0. The van der Waals surface area contributed by atoms with Gasteiger partial charge in [0.15, 0.2) is 0 Å². The van der Waals surface area contributed by atoms with Crippen LogP contribution in [0, 0.1) is 5.92 Å². The first-order chi connectivity index (χ1) is 11.2. The molecule has 1 aromatic carbocycles. The summed E-state index contributed by atoms with van der Waals surface area (Å²) < 4.78 is 0. The van der Waals surface area contributed by atoms with E-state index in [-0.39, 0.29) is 11.7 Å². The number of aromatic nitrogens is 1. The Labute approximate surface area is 135 Å². The number of hydrogen-bond donors (Lipinski definition) is 3. The predicted molar refractivity (Wildman–Crippen MR) is 92.2 cm³/mol. The number of allylic oxidation sites excluding steroid dienone is 5. The van der Waals surface area contributed by atoms with Gasteiger partial charge in [-0.25, -0.2) is 0 Å². The Balaban J connectivity index is 1.51. The van der Waals surface area contributed by atoms with Crippen molar-refractivity contribution in [2.24, 2.45) is 5.92 Å². The van der Waals surface area contributed by atoms with Crippen molar-refractivity contribution in [2.75, 3.05) is 6.54 Å². The number of hydrogen-bond acceptors (Lipinski definition) is 2. The van der Waals surface area contributed by atoms with E-state index in [1.807, 2.05) is 30.5 Å². The van der Waals surface area contributed by atoms with Crippen LogP contribution in [0.1, 0.15) is 12.0 Å². The van der Waals surface area contributed by atoms with E-state index in [4.69, 9.17) is 0 Å². The molecule has 1 amide bonds. The molecule has 0 saturated carbocycles. The minimum atomic E-state index is -0.0735. The number of nitrogens with one attached hydrogen (secondary N) is 2. The minimum Gasteiger partial charge on any atom is -0.508 e. The maximum absolute atomic E-state index is 11.8. The van der Waals surface area contributed by atoms with Crippen molar-refractivity contribution in [1.82, 2.24) is 10.3 Å². The van der Waals surface area contributed by atoms with Gasteiger partial charge in [-0.05, 0) is 48.6 Å². The molecule has 1 aliphatic rings. The second-order valence-electron chi connectivity index (χ2n) is 5.66. The van der Waals surface area contributed by atoms with E-state index in [1.54, 1.807) is 18.2 Å². The van der Waals surface area contributed by atoms with E-state index >= 15 is 0 Å². The fraction of sp³-hybridized carbons (Fsp3) is 0.211. The standard InChI is InChI=1S/C19H20N2O2/c22-16-7-8-18-17(12-16)15(13-21-18)10-11-20-19(23)9-6-14-4-2-1-3-5-14/h1-4,6-9,12-14,21-22H,5,10-11H2,(H,20,23)/b9-6+. The van der Waals surface area contributed by atoms with Crippen molar-refractivity contribution >= 4 is 16.8 Å². The van der Waals surface area contributed by atoms with Crippen molar-refractivity contribution in [3.05, 3.63) is 66.4 Å². The molecule has 1 atom stereocenters. The average molecular weight is 308 g/mol. The third-order valence-electron chi connectivity index (χ3n) is 3.95. The van der Waals surface area contributed by atoms with Gasteiger partial charge in [-0.3, -0.25) is 4.79 Å². The van der Waals surface area contributed by atoms with Crippen LogP contribution in [0.15, 0.2) is 60.9 Å². The van der Waals surface area contributed by atoms with Crippen LogP contribution in [0.4, 0.5) is 0 Å². The lowest BCUT2D eigenvalue weighted by molar-refractivity contribution is -0.116. The Morgan fingerprint density at radius 1 is 1.39 bits per heavy atom. The summed E-state index contributed by atoms with van der Waals surface area (Å²) in [6.45, 7) is 0.562. The molecule has 0 aliphatic heterocycles. The molecule has 0 fully saturated rings. The zero-order valence-corrected chi connectivity index (χ0v) is 12.8. The molecular weight excluding hydrogens is 288 g/mol. The number of carbonyl (C=O) groups excluding carboxylic acids is 1. The largest absolute Gasteiger partial charge is 0.508 e. The van der Waals surface area contributed by atoms with E-state index in [0.29, 0.717) is 12.5 Å². The van der Waals surface area contributed by atoms with Crippen molar-refractivity contribution < 1.29 is 9.90 Å². The first-order valence-electron chi connectivity index (χ1n) is 7.81. The molecule has 1 heterocycles. The first kappa shape index (κ1) is 15.2. The second-order valence-corrected chi connectivity index (χ2v) is 5.66. The fourth-order valence-electron chi connectivity index (χ4n) is 2.71. The van der Waals surface area contributed by atoms with Crippen LogP contribution in [0.2, 0.25) is 0 Å². The highest BCUT2D eigenvalue weighted by Crippen LogP contribution is 2.23. The molecule has 3 rings (SSSR count). The highest BCUT2D eigenvalue weighted by atomic mass is 16.3. The molecule has 1 unspecified atom stereocenters. The van der Waals surface area contributed by atoms with Gasteiger partial charge in [0.2, 0.25) is 5.91 Å². The Morgan fingerprint density at radius 2 is 2.30 bits per heavy atom. The summed E-state index contributed by atoms with van der Waals surface area (Å²) in [5.41, 5.74) is 2.07. The highest BCUT2D eigenvalue weighted by molar-refractivity contribution is 5.88. The van der Waals surface area contributed by atoms with Crippen LogP contribution < -0.4 is 5.32 Å². The number of rotatable bonds is 5. The van der Waals surface area contributed by atoms with Crippen LogP contribution >= 0.6 is 0 Å². The normalized spacial score (nSPS) is 17.1. The molecule has 1 aromatic heterocycles. The van der Waals surface area contributed by atoms with E-state index in [0.717, 1.165) is 29.3 Å². The third kappa shape index (κ3) is 3.92. The maximum atomic E-state index is 11.8. The summed E-state index contributed by atoms with van der Waals surface area (Å²) in [7, 11) is 0. The van der Waals surface area contributed by atoms with Gasteiger partial charge in [-0.1, -0.05) is 30.4 Å². The number of phenols is 1. The van der Waals surface area contributed by atoms with Gasteiger partial charge in [0.25, 0.3) is 0 Å². The zero-order chi connectivity index (χ0) is 16.1. The molecule has 0 spiro atoms. The Hall–Kier alpha value is -2.75. The molecule has 0 radical (unpaired) electrons. The summed E-state index contributed by atoms with van der Waals surface area (Å²) in [5, 5.41) is 13.5. The number of fused-ring (bicyclic) bond motifs is 1. The zero-order valence-electron chi connectivity index (χ0n) is 12.8. The van der Waals surface area contributed by atoms with E-state index in [9.17, 15) is 9.90 Å². The van der Waals surface area contributed by atoms with Crippen LogP contribution in [0.25, 0.3) is 10.9 Å². The van der Waals surface area contributed by atoms with Crippen LogP contribution in [0.3, 0.4) is 0 Å². The molecule has 118 valence electrons. The monoisotopic (exact) mass is 308 g/mol. The Morgan fingerprint density at radius 3 is 3.13 bits per heavy atom. The van der Waals surface area contributed by atoms with Gasteiger partial charge in [0, 0.05) is 23.6 Å². The number of H-pyrrole nitrogens is 1. The molecule has 3 N–H and O–H groups in total. The third-order valence-corrected chi connectivity index (χ3v) is 3.95. The van der Waals surface area contributed by atoms with Crippen molar-refractivity contribution in [2.45, 2.75) is 12.8 Å². The van der Waals surface area contributed by atoms with Gasteiger partial charge in [-0.15, -0.1) is 0 Å². The van der Waals surface area contributed by atoms with Gasteiger partial charge in [0.05, 0.1) is 0 Å². The Kier molecular flexibility index (Phi) is 4.62. The Bertz CT molecular complexity index is 784. The van der Waals surface area contributed by atoms with Crippen LogP contribution in [-0.2, 0) is 11.2 Å². The number of amides is 1. The highest BCUT2D eigenvalue weighted by Gasteiger charge is 2.05. The first-order valence-corrected chi connectivity index (χ1v) is 7.81. The number of carbonyl (C=O) groups is 1. The molecule has 0 saturated heterocycles. The molecule has 0 bridgehead atoms. The van der Waals surface area contributed by atoms with Gasteiger partial charge in [-0.2, -0.15) is 0 Å². The molecule has 4 heteroatoms. The quantitative estimate of drug-likeness (QED) is 0.743. The second kappa shape index (κ2) is 7.01. The lowest BCUT2D eigenvalue weighted by Crippen LogP contribution is -2.23.